The van der Waals surface area contributed by atoms with E-state index in [0.717, 1.165) is 5.69 Å². The van der Waals surface area contributed by atoms with Crippen molar-refractivity contribution in [3.05, 3.63) is 30.3 Å². The van der Waals surface area contributed by atoms with E-state index in [4.69, 9.17) is 0 Å². The lowest BCUT2D eigenvalue weighted by Crippen LogP contribution is -2.27. The van der Waals surface area contributed by atoms with Crippen LogP contribution >= 0.6 is 0 Å². The Morgan fingerprint density at radius 2 is 2.08 bits per heavy atom. The lowest BCUT2D eigenvalue weighted by Gasteiger charge is -2.17. The average Bonchev–Trinajstić information content (AvgIpc) is 2.04. The molecule has 0 aliphatic carbocycles. The van der Waals surface area contributed by atoms with E-state index in [-0.39, 0.29) is 11.3 Å². The normalized spacial score (nSPS) is 11.0. The number of nitrogens with one attached hydrogen (secondary N) is 1. The average molecular weight is 175 g/mol. The van der Waals surface area contributed by atoms with Crippen LogP contribution in [-0.4, -0.2) is 5.91 Å². The predicted molar refractivity (Wildman–Crippen MR) is 52.2 cm³/mol. The highest BCUT2D eigenvalue weighted by Gasteiger charge is 2.20. The van der Waals surface area contributed by atoms with E-state index in [0.29, 0.717) is 0 Å². The van der Waals surface area contributed by atoms with Crippen LogP contribution in [0, 0.1) is 17.5 Å². The number of hydrogen-bond donors (Lipinski definition) is 1. The molecule has 0 aromatic heterocycles. The Labute approximate surface area is 79.0 Å². The van der Waals surface area contributed by atoms with Crippen LogP contribution in [0.15, 0.2) is 18.2 Å². The molecule has 2 radical (unpaired) electrons. The summed E-state index contributed by atoms with van der Waals surface area (Å²) in [6.07, 6.45) is 0. The van der Waals surface area contributed by atoms with Crippen molar-refractivity contribution < 1.29 is 4.79 Å². The molecule has 1 N–H and O–H groups in total. The van der Waals surface area contributed by atoms with Gasteiger partial charge in [-0.05, 0) is 24.3 Å². The fourth-order valence-corrected chi connectivity index (χ4v) is 0.743. The van der Waals surface area contributed by atoms with E-state index in [9.17, 15) is 4.79 Å². The van der Waals surface area contributed by atoms with Gasteiger partial charge in [0.05, 0.1) is 0 Å². The molecular formula is C11H13NO. The summed E-state index contributed by atoms with van der Waals surface area (Å²) in [5, 5.41) is 2.79. The van der Waals surface area contributed by atoms with Gasteiger partial charge in [0.25, 0.3) is 0 Å². The molecule has 0 aliphatic heterocycles. The van der Waals surface area contributed by atoms with Crippen molar-refractivity contribution in [1.82, 2.24) is 0 Å². The SMILES string of the molecule is CC(C)(C)C(=O)Nc1c[c][c]cc1. The Hall–Kier alpha value is -1.31. The minimum atomic E-state index is -0.362. The summed E-state index contributed by atoms with van der Waals surface area (Å²) in [6, 6.07) is 10.8. The zero-order valence-corrected chi connectivity index (χ0v) is 8.14. The topological polar surface area (TPSA) is 29.1 Å². The molecular weight excluding hydrogens is 162 g/mol. The summed E-state index contributed by atoms with van der Waals surface area (Å²) in [7, 11) is 0. The van der Waals surface area contributed by atoms with Gasteiger partial charge in [-0.3, -0.25) is 4.79 Å². The molecule has 0 spiro atoms. The molecule has 0 aliphatic rings. The number of anilines is 1. The van der Waals surface area contributed by atoms with Gasteiger partial charge in [0.2, 0.25) is 5.91 Å². The minimum absolute atomic E-state index is 0.00657. The zero-order valence-electron chi connectivity index (χ0n) is 8.14. The zero-order chi connectivity index (χ0) is 9.90. The van der Waals surface area contributed by atoms with Crippen LogP contribution in [0.3, 0.4) is 0 Å². The standard InChI is InChI=1S/C11H13NO/c1-11(2,3)10(13)12-9-7-5-4-6-8-9/h5,7-8H,1-3H3,(H,12,13). The Bertz CT molecular complexity index is 285. The lowest BCUT2D eigenvalue weighted by atomic mass is 9.95. The fourth-order valence-electron chi connectivity index (χ4n) is 0.743. The third kappa shape index (κ3) is 2.90. The molecule has 13 heavy (non-hydrogen) atoms. The molecule has 1 aromatic rings. The van der Waals surface area contributed by atoms with Crippen LogP contribution in [0.2, 0.25) is 0 Å². The lowest BCUT2D eigenvalue weighted by molar-refractivity contribution is -0.123. The summed E-state index contributed by atoms with van der Waals surface area (Å²) in [6.45, 7) is 5.63. The first-order valence-electron chi connectivity index (χ1n) is 4.19. The molecule has 0 atom stereocenters. The summed E-state index contributed by atoms with van der Waals surface area (Å²) in [4.78, 5) is 11.5. The van der Waals surface area contributed by atoms with E-state index in [2.05, 4.69) is 17.4 Å². The maximum Gasteiger partial charge on any atom is 0.229 e. The van der Waals surface area contributed by atoms with Gasteiger partial charge >= 0.3 is 0 Å². The van der Waals surface area contributed by atoms with Crippen molar-refractivity contribution >= 4 is 11.6 Å². The Morgan fingerprint density at radius 1 is 1.38 bits per heavy atom. The van der Waals surface area contributed by atoms with Crippen LogP contribution in [0.5, 0.6) is 0 Å². The Kier molecular flexibility index (Phi) is 2.71. The molecule has 68 valence electrons. The van der Waals surface area contributed by atoms with Crippen LogP contribution in [0.1, 0.15) is 20.8 Å². The van der Waals surface area contributed by atoms with Crippen molar-refractivity contribution in [3.8, 4) is 0 Å². The van der Waals surface area contributed by atoms with Crippen molar-refractivity contribution in [3.63, 3.8) is 0 Å². The first-order chi connectivity index (χ1) is 6.00. The maximum absolute atomic E-state index is 11.5. The quantitative estimate of drug-likeness (QED) is 0.697. The van der Waals surface area contributed by atoms with E-state index in [1.165, 1.54) is 0 Å². The predicted octanol–water partition coefficient (Wildman–Crippen LogP) is 2.27. The van der Waals surface area contributed by atoms with Crippen LogP contribution in [0.4, 0.5) is 5.69 Å². The molecule has 0 unspecified atom stereocenters. The number of hydrogen-bond acceptors (Lipinski definition) is 1. The molecule has 0 saturated carbocycles. The van der Waals surface area contributed by atoms with Gasteiger partial charge in [-0.25, -0.2) is 0 Å². The number of carbonyl (C=O) groups excluding carboxylic acids is 1. The van der Waals surface area contributed by atoms with E-state index < -0.39 is 0 Å². The van der Waals surface area contributed by atoms with Gasteiger partial charge in [-0.1, -0.05) is 26.8 Å². The number of carbonyl (C=O) groups is 1. The minimum Gasteiger partial charge on any atom is -0.326 e. The Morgan fingerprint density at radius 3 is 2.54 bits per heavy atom. The molecule has 0 heterocycles. The van der Waals surface area contributed by atoms with E-state index in [1.54, 1.807) is 18.2 Å². The highest BCUT2D eigenvalue weighted by atomic mass is 16.2. The Balaban J connectivity index is 2.66. The van der Waals surface area contributed by atoms with Gasteiger partial charge in [-0.15, -0.1) is 0 Å². The van der Waals surface area contributed by atoms with Gasteiger partial charge < -0.3 is 5.32 Å². The third-order valence-corrected chi connectivity index (χ3v) is 1.60. The first-order valence-corrected chi connectivity index (χ1v) is 4.19. The van der Waals surface area contributed by atoms with Crippen molar-refractivity contribution in [1.29, 1.82) is 0 Å². The summed E-state index contributed by atoms with van der Waals surface area (Å²) in [5.41, 5.74) is 0.401. The molecule has 2 heteroatoms. The molecule has 1 aromatic carbocycles. The van der Waals surface area contributed by atoms with Crippen LogP contribution in [0.25, 0.3) is 0 Å². The summed E-state index contributed by atoms with van der Waals surface area (Å²) >= 11 is 0. The number of amides is 1. The second kappa shape index (κ2) is 3.60. The maximum atomic E-state index is 11.5. The second-order valence-electron chi connectivity index (χ2n) is 3.93. The summed E-state index contributed by atoms with van der Waals surface area (Å²) in [5.74, 6) is 0.00657. The molecule has 0 fully saturated rings. The number of rotatable bonds is 1. The largest absolute Gasteiger partial charge is 0.326 e. The van der Waals surface area contributed by atoms with Gasteiger partial charge in [0.15, 0.2) is 0 Å². The molecule has 1 amide bonds. The van der Waals surface area contributed by atoms with Gasteiger partial charge in [0, 0.05) is 11.1 Å². The second-order valence-corrected chi connectivity index (χ2v) is 3.93. The molecule has 0 saturated heterocycles. The fraction of sp³-hybridized carbons (Fsp3) is 0.364. The van der Waals surface area contributed by atoms with Crippen molar-refractivity contribution in [2.45, 2.75) is 20.8 Å². The highest BCUT2D eigenvalue weighted by Crippen LogP contribution is 2.16. The molecule has 1 rings (SSSR count). The van der Waals surface area contributed by atoms with Crippen molar-refractivity contribution in [2.24, 2.45) is 5.41 Å². The molecule has 0 bridgehead atoms. The number of benzene rings is 1. The highest BCUT2D eigenvalue weighted by molar-refractivity contribution is 5.94. The van der Waals surface area contributed by atoms with Crippen LogP contribution < -0.4 is 5.32 Å². The third-order valence-electron chi connectivity index (χ3n) is 1.60. The van der Waals surface area contributed by atoms with E-state index in [1.807, 2.05) is 20.8 Å². The summed E-state index contributed by atoms with van der Waals surface area (Å²) < 4.78 is 0. The smallest absolute Gasteiger partial charge is 0.229 e. The first kappa shape index (κ1) is 9.78. The van der Waals surface area contributed by atoms with Crippen LogP contribution in [-0.2, 0) is 4.79 Å². The van der Waals surface area contributed by atoms with E-state index >= 15 is 0 Å². The van der Waals surface area contributed by atoms with Gasteiger partial charge in [0.1, 0.15) is 0 Å². The van der Waals surface area contributed by atoms with Gasteiger partial charge in [-0.2, -0.15) is 0 Å². The van der Waals surface area contributed by atoms with Crippen molar-refractivity contribution in [2.75, 3.05) is 5.32 Å². The molecule has 2 nitrogen and oxygen atoms in total. The monoisotopic (exact) mass is 175 g/mol.